The van der Waals surface area contributed by atoms with Crippen molar-refractivity contribution in [1.29, 1.82) is 0 Å². The van der Waals surface area contributed by atoms with Gasteiger partial charge < -0.3 is 10.5 Å². The lowest BCUT2D eigenvalue weighted by atomic mass is 9.86. The van der Waals surface area contributed by atoms with Gasteiger partial charge in [-0.25, -0.2) is 0 Å². The first-order valence-electron chi connectivity index (χ1n) is 6.75. The first kappa shape index (κ1) is 14.0. The molecule has 1 fully saturated rings. The molecule has 102 valence electrons. The summed E-state index contributed by atoms with van der Waals surface area (Å²) >= 11 is 1.83. The van der Waals surface area contributed by atoms with Gasteiger partial charge in [-0.15, -0.1) is 11.3 Å². The van der Waals surface area contributed by atoms with Crippen LogP contribution in [0.15, 0.2) is 17.5 Å². The minimum atomic E-state index is 0.121. The van der Waals surface area contributed by atoms with Gasteiger partial charge in [-0.2, -0.15) is 0 Å². The van der Waals surface area contributed by atoms with E-state index in [-0.39, 0.29) is 5.54 Å². The van der Waals surface area contributed by atoms with E-state index in [2.05, 4.69) is 36.3 Å². The Hall–Kier alpha value is -0.420. The van der Waals surface area contributed by atoms with Crippen molar-refractivity contribution in [3.63, 3.8) is 0 Å². The standard InChI is InChI=1S/C14H24N2OS/c1-12(2)16(10-13-4-3-9-18-13)14(11-15)5-7-17-8-6-14/h3-4,9,12H,5-8,10-11,15H2,1-2H3. The Morgan fingerprint density at radius 2 is 2.17 bits per heavy atom. The highest BCUT2D eigenvalue weighted by atomic mass is 32.1. The van der Waals surface area contributed by atoms with E-state index < -0.39 is 0 Å². The molecule has 0 spiro atoms. The highest BCUT2D eigenvalue weighted by Gasteiger charge is 2.38. The molecule has 2 N–H and O–H groups in total. The molecular weight excluding hydrogens is 244 g/mol. The van der Waals surface area contributed by atoms with Gasteiger partial charge in [0, 0.05) is 42.8 Å². The second-order valence-electron chi connectivity index (χ2n) is 5.34. The molecule has 1 aliphatic heterocycles. The van der Waals surface area contributed by atoms with E-state index in [0.29, 0.717) is 6.04 Å². The molecule has 1 aromatic rings. The van der Waals surface area contributed by atoms with Crippen LogP contribution in [0.25, 0.3) is 0 Å². The molecule has 0 aliphatic carbocycles. The van der Waals surface area contributed by atoms with E-state index in [4.69, 9.17) is 10.5 Å². The maximum Gasteiger partial charge on any atom is 0.0484 e. The fourth-order valence-electron chi connectivity index (χ4n) is 2.83. The molecule has 1 saturated heterocycles. The van der Waals surface area contributed by atoms with Crippen LogP contribution in [0.5, 0.6) is 0 Å². The molecule has 0 aromatic carbocycles. The summed E-state index contributed by atoms with van der Waals surface area (Å²) in [5.41, 5.74) is 6.23. The third kappa shape index (κ3) is 2.94. The zero-order valence-corrected chi connectivity index (χ0v) is 12.2. The number of nitrogens with two attached hydrogens (primary N) is 1. The number of nitrogens with zero attached hydrogens (tertiary/aromatic N) is 1. The molecule has 2 heterocycles. The van der Waals surface area contributed by atoms with Gasteiger partial charge in [0.05, 0.1) is 0 Å². The summed E-state index contributed by atoms with van der Waals surface area (Å²) in [6.45, 7) is 7.93. The largest absolute Gasteiger partial charge is 0.381 e. The summed E-state index contributed by atoms with van der Waals surface area (Å²) in [6, 6.07) is 4.84. The van der Waals surface area contributed by atoms with Crippen molar-refractivity contribution in [2.45, 2.75) is 44.8 Å². The Bertz CT molecular complexity index is 345. The highest BCUT2D eigenvalue weighted by Crippen LogP contribution is 2.31. The minimum absolute atomic E-state index is 0.121. The lowest BCUT2D eigenvalue weighted by Crippen LogP contribution is -2.58. The topological polar surface area (TPSA) is 38.5 Å². The quantitative estimate of drug-likeness (QED) is 0.891. The Balaban J connectivity index is 2.16. The second kappa shape index (κ2) is 6.15. The zero-order chi connectivity index (χ0) is 13.0. The Kier molecular flexibility index (Phi) is 4.78. The molecule has 0 unspecified atom stereocenters. The third-order valence-electron chi connectivity index (χ3n) is 3.94. The van der Waals surface area contributed by atoms with Crippen LogP contribution >= 0.6 is 11.3 Å². The van der Waals surface area contributed by atoms with Crippen LogP contribution < -0.4 is 5.73 Å². The minimum Gasteiger partial charge on any atom is -0.381 e. The van der Waals surface area contributed by atoms with Crippen LogP contribution in [0.1, 0.15) is 31.6 Å². The van der Waals surface area contributed by atoms with Crippen molar-refractivity contribution >= 4 is 11.3 Å². The summed E-state index contributed by atoms with van der Waals surface area (Å²) in [5, 5.41) is 2.15. The van der Waals surface area contributed by atoms with Gasteiger partial charge in [0.25, 0.3) is 0 Å². The van der Waals surface area contributed by atoms with Crippen LogP contribution in [0, 0.1) is 0 Å². The normalized spacial score (nSPS) is 19.6. The number of thiophene rings is 1. The molecule has 1 aliphatic rings. The fourth-order valence-corrected chi connectivity index (χ4v) is 3.53. The molecule has 4 heteroatoms. The lowest BCUT2D eigenvalue weighted by Gasteiger charge is -2.47. The van der Waals surface area contributed by atoms with Gasteiger partial charge in [0.2, 0.25) is 0 Å². The van der Waals surface area contributed by atoms with E-state index in [0.717, 1.165) is 39.1 Å². The molecule has 1 aromatic heterocycles. The van der Waals surface area contributed by atoms with Gasteiger partial charge in [-0.05, 0) is 38.1 Å². The SMILES string of the molecule is CC(C)N(Cc1cccs1)C1(CN)CCOCC1. The van der Waals surface area contributed by atoms with Gasteiger partial charge in [0.15, 0.2) is 0 Å². The number of hydrogen-bond acceptors (Lipinski definition) is 4. The number of hydrogen-bond donors (Lipinski definition) is 1. The predicted molar refractivity (Wildman–Crippen MR) is 76.8 cm³/mol. The van der Waals surface area contributed by atoms with Crippen molar-refractivity contribution < 1.29 is 4.74 Å². The first-order chi connectivity index (χ1) is 8.68. The second-order valence-corrected chi connectivity index (χ2v) is 6.37. The zero-order valence-electron chi connectivity index (χ0n) is 11.4. The van der Waals surface area contributed by atoms with Crippen molar-refractivity contribution in [2.24, 2.45) is 5.73 Å². The van der Waals surface area contributed by atoms with Crippen molar-refractivity contribution in [3.05, 3.63) is 22.4 Å². The smallest absolute Gasteiger partial charge is 0.0484 e. The molecule has 2 rings (SSSR count). The molecule has 3 nitrogen and oxygen atoms in total. The number of ether oxygens (including phenoxy) is 1. The van der Waals surface area contributed by atoms with Crippen LogP contribution in [-0.4, -0.2) is 36.2 Å². The average Bonchev–Trinajstić information content (AvgIpc) is 2.89. The van der Waals surface area contributed by atoms with E-state index in [1.165, 1.54) is 4.88 Å². The molecule has 0 atom stereocenters. The Morgan fingerprint density at radius 1 is 1.44 bits per heavy atom. The maximum absolute atomic E-state index is 6.11. The van der Waals surface area contributed by atoms with Crippen LogP contribution in [0.2, 0.25) is 0 Å². The third-order valence-corrected chi connectivity index (χ3v) is 4.80. The molecular formula is C14H24N2OS. The molecule has 0 amide bonds. The Labute approximate surface area is 114 Å². The molecule has 0 bridgehead atoms. The van der Waals surface area contributed by atoms with Gasteiger partial charge in [-0.3, -0.25) is 4.90 Å². The predicted octanol–water partition coefficient (Wildman–Crippen LogP) is 2.47. The summed E-state index contributed by atoms with van der Waals surface area (Å²) in [5.74, 6) is 0. The number of rotatable bonds is 5. The van der Waals surface area contributed by atoms with Gasteiger partial charge in [0.1, 0.15) is 0 Å². The Morgan fingerprint density at radius 3 is 2.67 bits per heavy atom. The van der Waals surface area contributed by atoms with Crippen molar-refractivity contribution in [1.82, 2.24) is 4.90 Å². The van der Waals surface area contributed by atoms with Crippen LogP contribution in [0.3, 0.4) is 0 Å². The average molecular weight is 268 g/mol. The summed E-state index contributed by atoms with van der Waals surface area (Å²) in [4.78, 5) is 3.99. The van der Waals surface area contributed by atoms with E-state index in [9.17, 15) is 0 Å². The van der Waals surface area contributed by atoms with Gasteiger partial charge in [-0.1, -0.05) is 6.07 Å². The van der Waals surface area contributed by atoms with Crippen molar-refractivity contribution in [3.8, 4) is 0 Å². The van der Waals surface area contributed by atoms with E-state index >= 15 is 0 Å². The first-order valence-corrected chi connectivity index (χ1v) is 7.63. The van der Waals surface area contributed by atoms with E-state index in [1.807, 2.05) is 11.3 Å². The maximum atomic E-state index is 6.11. The highest BCUT2D eigenvalue weighted by molar-refractivity contribution is 7.09. The monoisotopic (exact) mass is 268 g/mol. The molecule has 0 saturated carbocycles. The fraction of sp³-hybridized carbons (Fsp3) is 0.714. The summed E-state index contributed by atoms with van der Waals surface area (Å²) in [7, 11) is 0. The van der Waals surface area contributed by atoms with Crippen molar-refractivity contribution in [2.75, 3.05) is 19.8 Å². The summed E-state index contributed by atoms with van der Waals surface area (Å²) in [6.07, 6.45) is 2.10. The molecule has 0 radical (unpaired) electrons. The summed E-state index contributed by atoms with van der Waals surface area (Å²) < 4.78 is 5.51. The molecule has 18 heavy (non-hydrogen) atoms. The van der Waals surface area contributed by atoms with Gasteiger partial charge >= 0.3 is 0 Å². The lowest BCUT2D eigenvalue weighted by molar-refractivity contribution is -0.0418. The van der Waals surface area contributed by atoms with Crippen LogP contribution in [0.4, 0.5) is 0 Å². The van der Waals surface area contributed by atoms with Crippen LogP contribution in [-0.2, 0) is 11.3 Å². The van der Waals surface area contributed by atoms with E-state index in [1.54, 1.807) is 0 Å².